The smallest absolute Gasteiger partial charge is 0.323 e. The number of esters is 2. The number of carbonyl (C=O) groups is 2. The summed E-state index contributed by atoms with van der Waals surface area (Å²) in [6.45, 7) is 6.98. The van der Waals surface area contributed by atoms with E-state index in [-0.39, 0.29) is 18.6 Å². The fraction of sp³-hybridized carbons (Fsp3) is 0.389. The number of phenolic OH excluding ortho intramolecular Hbond substituents is 1. The lowest BCUT2D eigenvalue weighted by Gasteiger charge is -2.27. The van der Waals surface area contributed by atoms with Crippen LogP contribution in [-0.2, 0) is 25.5 Å². The Balaban J connectivity index is 3.41. The maximum absolute atomic E-state index is 12.3. The minimum atomic E-state index is -1.51. The standard InChI is InChI=1S/C18H22O5/c1-6-7-8-18(16(20)22-4,17(21)23-5)11-14-9-12(2)15(19)13(3)10-14/h7,9-10,19H,1,8,11H2,2-5H3. The molecule has 0 fully saturated rings. The number of ether oxygens (including phenoxy) is 2. The summed E-state index contributed by atoms with van der Waals surface area (Å²) in [4.78, 5) is 24.7. The molecule has 1 N–H and O–H groups in total. The van der Waals surface area contributed by atoms with Crippen LogP contribution in [0.15, 0.2) is 30.5 Å². The molecule has 0 atom stereocenters. The Hall–Kier alpha value is -2.52. The molecule has 0 unspecified atom stereocenters. The summed E-state index contributed by atoms with van der Waals surface area (Å²) in [6, 6.07) is 3.47. The summed E-state index contributed by atoms with van der Waals surface area (Å²) in [5.74, 6) is -1.17. The van der Waals surface area contributed by atoms with Crippen molar-refractivity contribution in [2.45, 2.75) is 26.7 Å². The van der Waals surface area contributed by atoms with Crippen LogP contribution in [0.4, 0.5) is 0 Å². The van der Waals surface area contributed by atoms with Gasteiger partial charge in [-0.3, -0.25) is 9.59 Å². The highest BCUT2D eigenvalue weighted by molar-refractivity contribution is 6.00. The lowest BCUT2D eigenvalue weighted by atomic mass is 9.78. The third-order valence-corrected chi connectivity index (χ3v) is 3.80. The first-order valence-electron chi connectivity index (χ1n) is 7.12. The summed E-state index contributed by atoms with van der Waals surface area (Å²) >= 11 is 0. The minimum Gasteiger partial charge on any atom is -0.507 e. The van der Waals surface area contributed by atoms with Crippen LogP contribution in [0.3, 0.4) is 0 Å². The van der Waals surface area contributed by atoms with Crippen molar-refractivity contribution in [2.24, 2.45) is 5.41 Å². The fourth-order valence-electron chi connectivity index (χ4n) is 2.60. The summed E-state index contributed by atoms with van der Waals surface area (Å²) in [5.41, 5.74) is 3.12. The first-order valence-corrected chi connectivity index (χ1v) is 7.12. The van der Waals surface area contributed by atoms with E-state index in [1.807, 2.05) is 0 Å². The average molecular weight is 318 g/mol. The molecule has 23 heavy (non-hydrogen) atoms. The second-order valence-electron chi connectivity index (χ2n) is 5.43. The lowest BCUT2D eigenvalue weighted by Crippen LogP contribution is -2.43. The lowest BCUT2D eigenvalue weighted by molar-refractivity contribution is -0.168. The molecule has 5 heteroatoms. The number of phenols is 1. The summed E-state index contributed by atoms with van der Waals surface area (Å²) < 4.78 is 9.67. The maximum Gasteiger partial charge on any atom is 0.323 e. The molecule has 1 aromatic rings. The van der Waals surface area contributed by atoms with E-state index >= 15 is 0 Å². The van der Waals surface area contributed by atoms with Gasteiger partial charge in [-0.15, -0.1) is 5.73 Å². The zero-order valence-corrected chi connectivity index (χ0v) is 13.9. The van der Waals surface area contributed by atoms with Gasteiger partial charge in [-0.25, -0.2) is 0 Å². The molecule has 0 spiro atoms. The van der Waals surface area contributed by atoms with E-state index in [4.69, 9.17) is 9.47 Å². The first-order chi connectivity index (χ1) is 10.8. The normalized spacial score (nSPS) is 10.6. The van der Waals surface area contributed by atoms with E-state index in [9.17, 15) is 14.7 Å². The molecule has 124 valence electrons. The summed E-state index contributed by atoms with van der Waals surface area (Å²) in [7, 11) is 2.45. The van der Waals surface area contributed by atoms with Crippen molar-refractivity contribution in [1.82, 2.24) is 0 Å². The van der Waals surface area contributed by atoms with Gasteiger partial charge in [-0.05, 0) is 49.5 Å². The number of rotatable bonds is 6. The van der Waals surface area contributed by atoms with Gasteiger partial charge in [-0.1, -0.05) is 18.7 Å². The minimum absolute atomic E-state index is 0.0643. The molecule has 0 saturated carbocycles. The predicted molar refractivity (Wildman–Crippen MR) is 86.1 cm³/mol. The zero-order chi connectivity index (χ0) is 17.6. The number of benzene rings is 1. The zero-order valence-electron chi connectivity index (χ0n) is 13.9. The third kappa shape index (κ3) is 3.82. The van der Waals surface area contributed by atoms with Crippen LogP contribution in [0.25, 0.3) is 0 Å². The number of hydrogen-bond donors (Lipinski definition) is 1. The second-order valence-corrected chi connectivity index (χ2v) is 5.43. The quantitative estimate of drug-likeness (QED) is 0.496. The van der Waals surface area contributed by atoms with Crippen LogP contribution in [-0.4, -0.2) is 31.3 Å². The van der Waals surface area contributed by atoms with Gasteiger partial charge >= 0.3 is 11.9 Å². The van der Waals surface area contributed by atoms with E-state index in [0.29, 0.717) is 11.1 Å². The van der Waals surface area contributed by atoms with Crippen molar-refractivity contribution in [2.75, 3.05) is 14.2 Å². The predicted octanol–water partition coefficient (Wildman–Crippen LogP) is 2.62. The van der Waals surface area contributed by atoms with Crippen molar-refractivity contribution in [3.8, 4) is 5.75 Å². The molecular weight excluding hydrogens is 296 g/mol. The molecule has 5 nitrogen and oxygen atoms in total. The van der Waals surface area contributed by atoms with Crippen molar-refractivity contribution in [3.63, 3.8) is 0 Å². The molecule has 0 amide bonds. The van der Waals surface area contributed by atoms with Gasteiger partial charge in [-0.2, -0.15) is 0 Å². The molecule has 0 aromatic heterocycles. The third-order valence-electron chi connectivity index (χ3n) is 3.80. The van der Waals surface area contributed by atoms with Gasteiger partial charge in [0.1, 0.15) is 5.75 Å². The molecular formula is C18H22O5. The number of methoxy groups -OCH3 is 2. The van der Waals surface area contributed by atoms with Crippen LogP contribution >= 0.6 is 0 Å². The average Bonchev–Trinajstić information content (AvgIpc) is 2.54. The number of aromatic hydroxyl groups is 1. The Morgan fingerprint density at radius 2 is 1.70 bits per heavy atom. The number of aryl methyl sites for hydroxylation is 2. The first kappa shape index (κ1) is 18.5. The van der Waals surface area contributed by atoms with Crippen LogP contribution in [0.5, 0.6) is 5.75 Å². The van der Waals surface area contributed by atoms with E-state index in [1.165, 1.54) is 20.3 Å². The van der Waals surface area contributed by atoms with Crippen molar-refractivity contribution < 1.29 is 24.2 Å². The molecule has 1 rings (SSSR count). The van der Waals surface area contributed by atoms with Gasteiger partial charge < -0.3 is 14.6 Å². The molecule has 0 radical (unpaired) electrons. The van der Waals surface area contributed by atoms with E-state index < -0.39 is 17.4 Å². The number of allylic oxidation sites excluding steroid dienone is 1. The van der Waals surface area contributed by atoms with Gasteiger partial charge in [0.2, 0.25) is 0 Å². The van der Waals surface area contributed by atoms with Crippen LogP contribution in [0, 0.1) is 19.3 Å². The molecule has 0 heterocycles. The SMILES string of the molecule is C=C=CCC(Cc1cc(C)c(O)c(C)c1)(C(=O)OC)C(=O)OC. The Kier molecular flexibility index (Phi) is 6.17. The van der Waals surface area contributed by atoms with Crippen molar-refractivity contribution >= 4 is 11.9 Å². The van der Waals surface area contributed by atoms with Crippen LogP contribution < -0.4 is 0 Å². The largest absolute Gasteiger partial charge is 0.507 e. The van der Waals surface area contributed by atoms with Gasteiger partial charge in [0.25, 0.3) is 0 Å². The topological polar surface area (TPSA) is 72.8 Å². The Morgan fingerprint density at radius 3 is 2.09 bits per heavy atom. The van der Waals surface area contributed by atoms with Gasteiger partial charge in [0.05, 0.1) is 14.2 Å². The van der Waals surface area contributed by atoms with Gasteiger partial charge in [0, 0.05) is 0 Å². The Labute approximate surface area is 136 Å². The van der Waals surface area contributed by atoms with E-state index in [0.717, 1.165) is 5.56 Å². The highest BCUT2D eigenvalue weighted by atomic mass is 16.5. The second kappa shape index (κ2) is 7.65. The van der Waals surface area contributed by atoms with E-state index in [1.54, 1.807) is 26.0 Å². The Bertz CT molecular complexity index is 614. The summed E-state index contributed by atoms with van der Waals surface area (Å²) in [5, 5.41) is 9.87. The fourth-order valence-corrected chi connectivity index (χ4v) is 2.60. The molecule has 1 aromatic carbocycles. The molecule has 0 bridgehead atoms. The van der Waals surface area contributed by atoms with Crippen LogP contribution in [0.1, 0.15) is 23.1 Å². The number of carbonyl (C=O) groups excluding carboxylic acids is 2. The molecule has 0 aliphatic carbocycles. The highest BCUT2D eigenvalue weighted by Crippen LogP contribution is 2.33. The van der Waals surface area contributed by atoms with Crippen molar-refractivity contribution in [1.29, 1.82) is 0 Å². The monoisotopic (exact) mass is 318 g/mol. The van der Waals surface area contributed by atoms with E-state index in [2.05, 4.69) is 12.3 Å². The highest BCUT2D eigenvalue weighted by Gasteiger charge is 2.47. The Morgan fingerprint density at radius 1 is 1.22 bits per heavy atom. The van der Waals surface area contributed by atoms with Gasteiger partial charge in [0.15, 0.2) is 5.41 Å². The summed E-state index contributed by atoms with van der Waals surface area (Å²) in [6.07, 6.45) is 1.66. The molecule has 0 aliphatic heterocycles. The maximum atomic E-state index is 12.3. The molecule has 0 aliphatic rings. The van der Waals surface area contributed by atoms with Crippen molar-refractivity contribution in [3.05, 3.63) is 47.2 Å². The number of hydrogen-bond acceptors (Lipinski definition) is 5. The van der Waals surface area contributed by atoms with Crippen LogP contribution in [0.2, 0.25) is 0 Å². The molecule has 0 saturated heterocycles.